The predicted molar refractivity (Wildman–Crippen MR) is 72.6 cm³/mol. The van der Waals surface area contributed by atoms with Gasteiger partial charge < -0.3 is 20.5 Å². The van der Waals surface area contributed by atoms with Crippen LogP contribution < -0.4 is 11.1 Å². The molecule has 0 aromatic heterocycles. The molecular formula is C14H20N2O3. The predicted octanol–water partition coefficient (Wildman–Crippen LogP) is 1.66. The van der Waals surface area contributed by atoms with Gasteiger partial charge in [-0.15, -0.1) is 0 Å². The summed E-state index contributed by atoms with van der Waals surface area (Å²) in [5, 5.41) is 2.87. The van der Waals surface area contributed by atoms with Crippen LogP contribution >= 0.6 is 0 Å². The van der Waals surface area contributed by atoms with Crippen LogP contribution in [0.15, 0.2) is 24.3 Å². The number of carbonyl (C=O) groups is 1. The first-order valence-electron chi connectivity index (χ1n) is 6.37. The molecule has 1 aliphatic rings. The van der Waals surface area contributed by atoms with Gasteiger partial charge in [0.2, 0.25) is 5.91 Å². The number of nitrogens with one attached hydrogen (secondary N) is 1. The first-order valence-corrected chi connectivity index (χ1v) is 6.37. The zero-order chi connectivity index (χ0) is 13.9. The minimum absolute atomic E-state index is 0.0968. The second-order valence-corrected chi connectivity index (χ2v) is 5.24. The summed E-state index contributed by atoms with van der Waals surface area (Å²) in [6, 6.07) is 7.48. The molecule has 1 aromatic carbocycles. The van der Waals surface area contributed by atoms with Crippen molar-refractivity contribution in [1.29, 1.82) is 0 Å². The Labute approximate surface area is 113 Å². The number of anilines is 1. The van der Waals surface area contributed by atoms with Crippen molar-refractivity contribution in [3.05, 3.63) is 29.8 Å². The first-order chi connectivity index (χ1) is 9.03. The van der Waals surface area contributed by atoms with Gasteiger partial charge in [-0.3, -0.25) is 4.79 Å². The topological polar surface area (TPSA) is 73.6 Å². The molecule has 5 heteroatoms. The molecule has 0 aliphatic carbocycles. The van der Waals surface area contributed by atoms with Crippen molar-refractivity contribution < 1.29 is 14.3 Å². The molecule has 0 atom stereocenters. The summed E-state index contributed by atoms with van der Waals surface area (Å²) in [5.74, 6) is -0.0968. The normalized spacial score (nSPS) is 16.6. The molecule has 1 saturated heterocycles. The average Bonchev–Trinajstić information content (AvgIpc) is 2.93. The highest BCUT2D eigenvalue weighted by molar-refractivity contribution is 5.95. The maximum Gasteiger partial charge on any atom is 0.231 e. The highest BCUT2D eigenvalue weighted by atomic mass is 16.7. The van der Waals surface area contributed by atoms with E-state index in [0.29, 0.717) is 19.8 Å². The van der Waals surface area contributed by atoms with E-state index in [1.807, 2.05) is 38.1 Å². The quantitative estimate of drug-likeness (QED) is 0.867. The third-order valence-electron chi connectivity index (χ3n) is 3.16. The summed E-state index contributed by atoms with van der Waals surface area (Å²) in [6.45, 7) is 5.13. The summed E-state index contributed by atoms with van der Waals surface area (Å²) in [7, 11) is 0. The first kappa shape index (κ1) is 14.0. The van der Waals surface area contributed by atoms with Crippen molar-refractivity contribution >= 4 is 11.6 Å². The van der Waals surface area contributed by atoms with Crippen LogP contribution in [0.4, 0.5) is 5.69 Å². The molecule has 1 amide bonds. The Morgan fingerprint density at radius 1 is 1.42 bits per heavy atom. The van der Waals surface area contributed by atoms with Gasteiger partial charge in [-0.2, -0.15) is 0 Å². The lowest BCUT2D eigenvalue weighted by Gasteiger charge is -2.21. The van der Waals surface area contributed by atoms with Gasteiger partial charge in [0.25, 0.3) is 0 Å². The Bertz CT molecular complexity index is 454. The fourth-order valence-electron chi connectivity index (χ4n) is 1.71. The van der Waals surface area contributed by atoms with E-state index >= 15 is 0 Å². The number of nitrogens with two attached hydrogens (primary N) is 1. The molecule has 0 bridgehead atoms. The van der Waals surface area contributed by atoms with Crippen LogP contribution in [-0.4, -0.2) is 25.7 Å². The molecular weight excluding hydrogens is 244 g/mol. The van der Waals surface area contributed by atoms with Crippen molar-refractivity contribution in [3.8, 4) is 0 Å². The number of ether oxygens (including phenoxy) is 2. The maximum absolute atomic E-state index is 12.0. The van der Waals surface area contributed by atoms with Gasteiger partial charge in [0.1, 0.15) is 0 Å². The van der Waals surface area contributed by atoms with Gasteiger partial charge in [-0.05, 0) is 26.0 Å². The number of hydrogen-bond donors (Lipinski definition) is 2. The molecule has 19 heavy (non-hydrogen) atoms. The largest absolute Gasteiger partial charge is 0.346 e. The molecule has 2 rings (SSSR count). The van der Waals surface area contributed by atoms with Crippen LogP contribution in [0, 0.1) is 5.41 Å². The fourth-order valence-corrected chi connectivity index (χ4v) is 1.71. The highest BCUT2D eigenvalue weighted by Crippen LogP contribution is 2.26. The monoisotopic (exact) mass is 264 g/mol. The Kier molecular flexibility index (Phi) is 4.19. The van der Waals surface area contributed by atoms with Crippen LogP contribution in [0.5, 0.6) is 0 Å². The van der Waals surface area contributed by atoms with E-state index in [-0.39, 0.29) is 12.2 Å². The second-order valence-electron chi connectivity index (χ2n) is 5.24. The molecule has 1 heterocycles. The molecule has 3 N–H and O–H groups in total. The lowest BCUT2D eigenvalue weighted by Crippen LogP contribution is -2.37. The smallest absolute Gasteiger partial charge is 0.231 e. The van der Waals surface area contributed by atoms with E-state index in [1.54, 1.807) is 0 Å². The molecule has 0 spiro atoms. The van der Waals surface area contributed by atoms with E-state index < -0.39 is 5.41 Å². The number of carbonyl (C=O) groups excluding carboxylic acids is 1. The van der Waals surface area contributed by atoms with Gasteiger partial charge in [0, 0.05) is 17.8 Å². The van der Waals surface area contributed by atoms with Crippen LogP contribution in [0.2, 0.25) is 0 Å². The van der Waals surface area contributed by atoms with E-state index in [1.165, 1.54) is 0 Å². The van der Waals surface area contributed by atoms with Crippen molar-refractivity contribution in [3.63, 3.8) is 0 Å². The van der Waals surface area contributed by atoms with Crippen molar-refractivity contribution in [2.75, 3.05) is 25.1 Å². The lowest BCUT2D eigenvalue weighted by atomic mass is 9.92. The van der Waals surface area contributed by atoms with Gasteiger partial charge in [0.15, 0.2) is 6.29 Å². The fraction of sp³-hybridized carbons (Fsp3) is 0.500. The lowest BCUT2D eigenvalue weighted by molar-refractivity contribution is -0.123. The standard InChI is InChI=1S/C14H20N2O3/c1-14(2,9-15)13(17)16-11-5-3-4-10(8-11)12-18-6-7-19-12/h3-5,8,12H,6-7,9,15H2,1-2H3,(H,16,17). The Morgan fingerprint density at radius 3 is 2.74 bits per heavy atom. The van der Waals surface area contributed by atoms with Crippen LogP contribution in [0.1, 0.15) is 25.7 Å². The van der Waals surface area contributed by atoms with Crippen LogP contribution in [0.25, 0.3) is 0 Å². The Morgan fingerprint density at radius 2 is 2.11 bits per heavy atom. The Balaban J connectivity index is 2.09. The third kappa shape index (κ3) is 3.32. The number of hydrogen-bond acceptors (Lipinski definition) is 4. The molecule has 104 valence electrons. The summed E-state index contributed by atoms with van der Waals surface area (Å²) in [4.78, 5) is 12.0. The SMILES string of the molecule is CC(C)(CN)C(=O)Nc1cccc(C2OCCO2)c1. The molecule has 1 aromatic rings. The molecule has 0 saturated carbocycles. The zero-order valence-corrected chi connectivity index (χ0v) is 11.3. The van der Waals surface area contributed by atoms with E-state index in [9.17, 15) is 4.79 Å². The van der Waals surface area contributed by atoms with Crippen molar-refractivity contribution in [2.45, 2.75) is 20.1 Å². The summed E-state index contributed by atoms with van der Waals surface area (Å²) >= 11 is 0. The third-order valence-corrected chi connectivity index (χ3v) is 3.16. The van der Waals surface area contributed by atoms with Gasteiger partial charge in [-0.25, -0.2) is 0 Å². The van der Waals surface area contributed by atoms with Gasteiger partial charge in [-0.1, -0.05) is 12.1 Å². The Hall–Kier alpha value is -1.43. The summed E-state index contributed by atoms with van der Waals surface area (Å²) < 4.78 is 10.9. The average molecular weight is 264 g/mol. The molecule has 0 radical (unpaired) electrons. The minimum atomic E-state index is -0.587. The minimum Gasteiger partial charge on any atom is -0.346 e. The molecule has 1 aliphatic heterocycles. The van der Waals surface area contributed by atoms with Crippen LogP contribution in [-0.2, 0) is 14.3 Å². The second kappa shape index (κ2) is 5.69. The maximum atomic E-state index is 12.0. The number of amides is 1. The highest BCUT2D eigenvalue weighted by Gasteiger charge is 2.26. The summed E-state index contributed by atoms with van der Waals surface area (Å²) in [6.07, 6.45) is -0.334. The van der Waals surface area contributed by atoms with Crippen LogP contribution in [0.3, 0.4) is 0 Å². The van der Waals surface area contributed by atoms with E-state index in [4.69, 9.17) is 15.2 Å². The number of rotatable bonds is 4. The summed E-state index contributed by atoms with van der Waals surface area (Å²) in [5.41, 5.74) is 6.63. The van der Waals surface area contributed by atoms with E-state index in [2.05, 4.69) is 5.32 Å². The van der Waals surface area contributed by atoms with Gasteiger partial charge in [0.05, 0.1) is 18.6 Å². The van der Waals surface area contributed by atoms with Gasteiger partial charge >= 0.3 is 0 Å². The van der Waals surface area contributed by atoms with Crippen molar-refractivity contribution in [2.24, 2.45) is 11.1 Å². The molecule has 5 nitrogen and oxygen atoms in total. The number of benzene rings is 1. The zero-order valence-electron chi connectivity index (χ0n) is 11.3. The molecule has 1 fully saturated rings. The molecule has 0 unspecified atom stereocenters. The van der Waals surface area contributed by atoms with Crippen molar-refractivity contribution in [1.82, 2.24) is 0 Å². The van der Waals surface area contributed by atoms with E-state index in [0.717, 1.165) is 11.3 Å².